The van der Waals surface area contributed by atoms with Crippen molar-refractivity contribution >= 4 is 17.5 Å². The van der Waals surface area contributed by atoms with Gasteiger partial charge in [-0.25, -0.2) is 0 Å². The molecule has 0 spiro atoms. The zero-order chi connectivity index (χ0) is 17.0. The number of alkyl halides is 3. The Hall–Kier alpha value is -1.27. The summed E-state index contributed by atoms with van der Waals surface area (Å²) in [5.74, 6) is -1.63. The summed E-state index contributed by atoms with van der Waals surface area (Å²) in [6.45, 7) is 0. The maximum absolute atomic E-state index is 12.6. The third-order valence-electron chi connectivity index (χ3n) is 4.19. The van der Waals surface area contributed by atoms with E-state index in [0.29, 0.717) is 23.4 Å². The number of carbonyl (C=O) groups is 1. The van der Waals surface area contributed by atoms with Crippen molar-refractivity contribution in [3.05, 3.63) is 34.9 Å². The summed E-state index contributed by atoms with van der Waals surface area (Å²) in [4.78, 5) is 11.9. The Balaban J connectivity index is 1.78. The molecule has 1 unspecified atom stereocenters. The average Bonchev–Trinajstić information content (AvgIpc) is 2.47. The Morgan fingerprint density at radius 3 is 2.30 bits per heavy atom. The van der Waals surface area contributed by atoms with Crippen LogP contribution in [0.15, 0.2) is 24.3 Å². The van der Waals surface area contributed by atoms with Crippen LogP contribution < -0.4 is 5.32 Å². The third-order valence-corrected chi connectivity index (χ3v) is 4.44. The van der Waals surface area contributed by atoms with Crippen LogP contribution in [0.4, 0.5) is 13.2 Å². The number of carbonyl (C=O) groups excluding carboxylic acids is 1. The molecular weight excluding hydrogens is 331 g/mol. The Morgan fingerprint density at radius 1 is 1.22 bits per heavy atom. The molecule has 23 heavy (non-hydrogen) atoms. The first-order valence-corrected chi connectivity index (χ1v) is 7.93. The molecule has 1 aliphatic rings. The topological polar surface area (TPSA) is 49.3 Å². The molecule has 0 radical (unpaired) electrons. The van der Waals surface area contributed by atoms with Crippen molar-refractivity contribution in [2.45, 2.75) is 50.4 Å². The minimum Gasteiger partial charge on any atom is -0.388 e. The summed E-state index contributed by atoms with van der Waals surface area (Å²) in [7, 11) is 0. The van der Waals surface area contributed by atoms with Crippen molar-refractivity contribution in [1.29, 1.82) is 0 Å². The van der Waals surface area contributed by atoms with E-state index in [9.17, 15) is 23.1 Å². The summed E-state index contributed by atoms with van der Waals surface area (Å²) in [6.07, 6.45) is -4.54. The number of nitrogens with one attached hydrogen (secondary N) is 1. The SMILES string of the molecule is O=C(CC(O)c1ccc(Cl)cc1)NC1CCC(C(F)(F)F)CC1. The predicted molar refractivity (Wildman–Crippen MR) is 81.0 cm³/mol. The van der Waals surface area contributed by atoms with Crippen molar-refractivity contribution in [3.63, 3.8) is 0 Å². The molecule has 1 aliphatic carbocycles. The van der Waals surface area contributed by atoms with E-state index in [2.05, 4.69) is 5.32 Å². The Bertz CT molecular complexity index is 525. The molecule has 1 aromatic rings. The largest absolute Gasteiger partial charge is 0.391 e. The second-order valence-corrected chi connectivity index (χ2v) is 6.37. The lowest BCUT2D eigenvalue weighted by atomic mass is 9.85. The number of rotatable bonds is 4. The molecule has 2 N–H and O–H groups in total. The summed E-state index contributed by atoms with van der Waals surface area (Å²) in [5, 5.41) is 13.3. The normalized spacial score (nSPS) is 23.3. The summed E-state index contributed by atoms with van der Waals surface area (Å²) < 4.78 is 37.8. The molecule has 2 rings (SSSR count). The quantitative estimate of drug-likeness (QED) is 0.863. The predicted octanol–water partition coefficient (Wildman–Crippen LogP) is 4.00. The Labute approximate surface area is 137 Å². The number of amides is 1. The number of hydrogen-bond acceptors (Lipinski definition) is 2. The molecule has 0 bridgehead atoms. The molecule has 1 fully saturated rings. The van der Waals surface area contributed by atoms with Gasteiger partial charge in [-0.1, -0.05) is 23.7 Å². The van der Waals surface area contributed by atoms with Crippen LogP contribution in [0.3, 0.4) is 0 Å². The van der Waals surface area contributed by atoms with Crippen molar-refractivity contribution in [1.82, 2.24) is 5.32 Å². The summed E-state index contributed by atoms with van der Waals surface area (Å²) in [5.41, 5.74) is 0.574. The highest BCUT2D eigenvalue weighted by molar-refractivity contribution is 6.30. The van der Waals surface area contributed by atoms with Gasteiger partial charge in [-0.15, -0.1) is 0 Å². The van der Waals surface area contributed by atoms with E-state index in [0.717, 1.165) is 0 Å². The average molecular weight is 350 g/mol. The first-order chi connectivity index (χ1) is 10.8. The fourth-order valence-corrected chi connectivity index (χ4v) is 2.96. The molecule has 1 atom stereocenters. The fraction of sp³-hybridized carbons (Fsp3) is 0.562. The van der Waals surface area contributed by atoms with Gasteiger partial charge < -0.3 is 10.4 Å². The lowest BCUT2D eigenvalue weighted by molar-refractivity contribution is -0.182. The van der Waals surface area contributed by atoms with E-state index >= 15 is 0 Å². The highest BCUT2D eigenvalue weighted by atomic mass is 35.5. The lowest BCUT2D eigenvalue weighted by Gasteiger charge is -2.30. The maximum atomic E-state index is 12.6. The molecule has 3 nitrogen and oxygen atoms in total. The zero-order valence-electron chi connectivity index (χ0n) is 12.4. The van der Waals surface area contributed by atoms with Gasteiger partial charge in [0.2, 0.25) is 5.91 Å². The fourth-order valence-electron chi connectivity index (χ4n) is 2.83. The molecular formula is C16H19ClF3NO2. The smallest absolute Gasteiger partial charge is 0.388 e. The van der Waals surface area contributed by atoms with Crippen LogP contribution in [0, 0.1) is 5.92 Å². The number of hydrogen-bond donors (Lipinski definition) is 2. The van der Waals surface area contributed by atoms with Gasteiger partial charge in [0.25, 0.3) is 0 Å². The van der Waals surface area contributed by atoms with Crippen LogP contribution in [-0.4, -0.2) is 23.2 Å². The minimum atomic E-state index is -4.15. The molecule has 1 aromatic carbocycles. The Kier molecular flexibility index (Phi) is 5.92. The summed E-state index contributed by atoms with van der Waals surface area (Å²) >= 11 is 5.75. The van der Waals surface area contributed by atoms with E-state index in [4.69, 9.17) is 11.6 Å². The molecule has 0 aromatic heterocycles. The monoisotopic (exact) mass is 349 g/mol. The number of aliphatic hydroxyl groups excluding tert-OH is 1. The van der Waals surface area contributed by atoms with Crippen LogP contribution in [0.25, 0.3) is 0 Å². The van der Waals surface area contributed by atoms with Crippen LogP contribution in [0.5, 0.6) is 0 Å². The van der Waals surface area contributed by atoms with Crippen LogP contribution in [0.2, 0.25) is 5.02 Å². The summed E-state index contributed by atoms with van der Waals surface area (Å²) in [6, 6.07) is 6.26. The second-order valence-electron chi connectivity index (χ2n) is 5.93. The van der Waals surface area contributed by atoms with Gasteiger partial charge in [0.1, 0.15) is 0 Å². The van der Waals surface area contributed by atoms with Gasteiger partial charge in [0, 0.05) is 11.1 Å². The zero-order valence-corrected chi connectivity index (χ0v) is 13.2. The van der Waals surface area contributed by atoms with Crippen LogP contribution >= 0.6 is 11.6 Å². The first-order valence-electron chi connectivity index (χ1n) is 7.55. The number of aliphatic hydroxyl groups is 1. The van der Waals surface area contributed by atoms with Crippen molar-refractivity contribution in [3.8, 4) is 0 Å². The van der Waals surface area contributed by atoms with E-state index in [1.54, 1.807) is 24.3 Å². The van der Waals surface area contributed by atoms with Gasteiger partial charge >= 0.3 is 6.18 Å². The van der Waals surface area contributed by atoms with Crippen molar-refractivity contribution < 1.29 is 23.1 Å². The van der Waals surface area contributed by atoms with Crippen molar-refractivity contribution in [2.24, 2.45) is 5.92 Å². The molecule has 1 saturated carbocycles. The van der Waals surface area contributed by atoms with E-state index in [-0.39, 0.29) is 31.2 Å². The molecule has 7 heteroatoms. The van der Waals surface area contributed by atoms with Gasteiger partial charge in [0.05, 0.1) is 18.4 Å². The number of halogens is 4. The first kappa shape index (κ1) is 18.1. The van der Waals surface area contributed by atoms with E-state index in [1.807, 2.05) is 0 Å². The van der Waals surface area contributed by atoms with Gasteiger partial charge in [-0.05, 0) is 43.4 Å². The van der Waals surface area contributed by atoms with Crippen molar-refractivity contribution in [2.75, 3.05) is 0 Å². The lowest BCUT2D eigenvalue weighted by Crippen LogP contribution is -2.40. The molecule has 128 valence electrons. The molecule has 0 aliphatic heterocycles. The third kappa shape index (κ3) is 5.39. The highest BCUT2D eigenvalue weighted by Gasteiger charge is 2.41. The second kappa shape index (κ2) is 7.53. The van der Waals surface area contributed by atoms with E-state index in [1.165, 1.54) is 0 Å². The minimum absolute atomic E-state index is 0.0359. The highest BCUT2D eigenvalue weighted by Crippen LogP contribution is 2.37. The van der Waals surface area contributed by atoms with Gasteiger partial charge in [0.15, 0.2) is 0 Å². The molecule has 0 heterocycles. The van der Waals surface area contributed by atoms with Gasteiger partial charge in [-0.2, -0.15) is 13.2 Å². The molecule has 1 amide bonds. The molecule has 0 saturated heterocycles. The van der Waals surface area contributed by atoms with E-state index < -0.39 is 18.2 Å². The van der Waals surface area contributed by atoms with Gasteiger partial charge in [-0.3, -0.25) is 4.79 Å². The number of benzene rings is 1. The maximum Gasteiger partial charge on any atom is 0.391 e. The van der Waals surface area contributed by atoms with Crippen LogP contribution in [0.1, 0.15) is 43.8 Å². The Morgan fingerprint density at radius 2 is 1.78 bits per heavy atom. The van der Waals surface area contributed by atoms with Crippen LogP contribution in [-0.2, 0) is 4.79 Å². The standard InChI is InChI=1S/C16H19ClF3NO2/c17-12-5-1-10(2-6-12)14(22)9-15(23)21-13-7-3-11(4-8-13)16(18,19)20/h1-2,5-6,11,13-14,22H,3-4,7-9H2,(H,21,23).